The first-order valence-corrected chi connectivity index (χ1v) is 5.24. The molecule has 74 valence electrons. The van der Waals surface area contributed by atoms with Gasteiger partial charge in [-0.15, -0.1) is 0 Å². The van der Waals surface area contributed by atoms with Crippen LogP contribution < -0.4 is 4.74 Å². The first kappa shape index (κ1) is 11.1. The van der Waals surface area contributed by atoms with Gasteiger partial charge in [-0.05, 0) is 34.0 Å². The first-order valence-electron chi connectivity index (χ1n) is 4.45. The SMILES string of the molecule is CCc1cc(Br)c(OC)c(CC#N)c1. The van der Waals surface area contributed by atoms with Gasteiger partial charge in [-0.2, -0.15) is 5.26 Å². The number of benzene rings is 1. The van der Waals surface area contributed by atoms with Crippen LogP contribution in [-0.4, -0.2) is 7.11 Å². The Labute approximate surface area is 92.6 Å². The number of hydrogen-bond acceptors (Lipinski definition) is 2. The van der Waals surface area contributed by atoms with Gasteiger partial charge in [-0.3, -0.25) is 0 Å². The Hall–Kier alpha value is -1.01. The first-order chi connectivity index (χ1) is 6.72. The number of methoxy groups -OCH3 is 1. The standard InChI is InChI=1S/C11H12BrNO/c1-3-8-6-9(4-5-13)11(14-2)10(12)7-8/h6-7H,3-4H2,1-2H3. The number of halogens is 1. The summed E-state index contributed by atoms with van der Waals surface area (Å²) in [5.74, 6) is 0.767. The summed E-state index contributed by atoms with van der Waals surface area (Å²) >= 11 is 3.43. The molecule has 0 aliphatic rings. The van der Waals surface area contributed by atoms with Crippen LogP contribution in [0.1, 0.15) is 18.1 Å². The van der Waals surface area contributed by atoms with Gasteiger partial charge in [0.2, 0.25) is 0 Å². The molecule has 0 saturated heterocycles. The highest BCUT2D eigenvalue weighted by Crippen LogP contribution is 2.31. The van der Waals surface area contributed by atoms with Gasteiger partial charge in [-0.1, -0.05) is 13.0 Å². The lowest BCUT2D eigenvalue weighted by Crippen LogP contribution is -1.94. The van der Waals surface area contributed by atoms with Crippen LogP contribution >= 0.6 is 15.9 Å². The van der Waals surface area contributed by atoms with Crippen LogP contribution in [0.15, 0.2) is 16.6 Å². The molecule has 0 aromatic heterocycles. The summed E-state index contributed by atoms with van der Waals surface area (Å²) in [7, 11) is 1.62. The minimum absolute atomic E-state index is 0.385. The third-order valence-corrected chi connectivity index (χ3v) is 2.65. The van der Waals surface area contributed by atoms with Crippen molar-refractivity contribution in [2.24, 2.45) is 0 Å². The van der Waals surface area contributed by atoms with Gasteiger partial charge >= 0.3 is 0 Å². The summed E-state index contributed by atoms with van der Waals surface area (Å²) in [6.07, 6.45) is 1.34. The normalized spacial score (nSPS) is 9.57. The van der Waals surface area contributed by atoms with Crippen molar-refractivity contribution in [3.8, 4) is 11.8 Å². The molecule has 0 radical (unpaired) electrons. The van der Waals surface area contributed by atoms with Crippen molar-refractivity contribution >= 4 is 15.9 Å². The van der Waals surface area contributed by atoms with E-state index in [0.29, 0.717) is 6.42 Å². The fourth-order valence-electron chi connectivity index (χ4n) is 1.36. The van der Waals surface area contributed by atoms with Crippen LogP contribution in [0, 0.1) is 11.3 Å². The highest BCUT2D eigenvalue weighted by Gasteiger charge is 2.08. The third-order valence-electron chi connectivity index (χ3n) is 2.06. The molecule has 0 heterocycles. The predicted octanol–water partition coefficient (Wildman–Crippen LogP) is 3.09. The molecule has 3 heteroatoms. The fourth-order valence-corrected chi connectivity index (χ4v) is 2.07. The monoisotopic (exact) mass is 253 g/mol. The number of ether oxygens (including phenoxy) is 1. The largest absolute Gasteiger partial charge is 0.495 e. The molecule has 1 aromatic rings. The van der Waals surface area contributed by atoms with E-state index in [1.165, 1.54) is 5.56 Å². The lowest BCUT2D eigenvalue weighted by Gasteiger charge is -2.10. The van der Waals surface area contributed by atoms with Gasteiger partial charge in [-0.25, -0.2) is 0 Å². The van der Waals surface area contributed by atoms with Gasteiger partial charge in [0.25, 0.3) is 0 Å². The van der Waals surface area contributed by atoms with E-state index in [1.54, 1.807) is 7.11 Å². The lowest BCUT2D eigenvalue weighted by atomic mass is 10.1. The minimum atomic E-state index is 0.385. The van der Waals surface area contributed by atoms with Gasteiger partial charge in [0.15, 0.2) is 0 Å². The molecule has 0 bridgehead atoms. The summed E-state index contributed by atoms with van der Waals surface area (Å²) < 4.78 is 6.15. The van der Waals surface area contributed by atoms with Crippen molar-refractivity contribution in [2.45, 2.75) is 19.8 Å². The molecule has 14 heavy (non-hydrogen) atoms. The van der Waals surface area contributed by atoms with E-state index in [0.717, 1.165) is 22.2 Å². The van der Waals surface area contributed by atoms with E-state index < -0.39 is 0 Å². The number of nitriles is 1. The van der Waals surface area contributed by atoms with E-state index >= 15 is 0 Å². The van der Waals surface area contributed by atoms with Crippen LogP contribution in [-0.2, 0) is 12.8 Å². The van der Waals surface area contributed by atoms with Crippen molar-refractivity contribution in [3.63, 3.8) is 0 Å². The predicted molar refractivity (Wildman–Crippen MR) is 59.4 cm³/mol. The van der Waals surface area contributed by atoms with E-state index in [9.17, 15) is 0 Å². The zero-order chi connectivity index (χ0) is 10.6. The second-order valence-corrected chi connectivity index (χ2v) is 3.81. The van der Waals surface area contributed by atoms with Crippen LogP contribution in [0.2, 0.25) is 0 Å². The quantitative estimate of drug-likeness (QED) is 0.830. The van der Waals surface area contributed by atoms with Crippen LogP contribution in [0.3, 0.4) is 0 Å². The molecule has 0 spiro atoms. The summed E-state index contributed by atoms with van der Waals surface area (Å²) in [5, 5.41) is 8.67. The van der Waals surface area contributed by atoms with Gasteiger partial charge in [0.05, 0.1) is 24.1 Å². The van der Waals surface area contributed by atoms with Gasteiger partial charge in [0, 0.05) is 5.56 Å². The molecule has 0 unspecified atom stereocenters. The summed E-state index contributed by atoms with van der Waals surface area (Å²) in [4.78, 5) is 0. The molecule has 0 amide bonds. The Morgan fingerprint density at radius 1 is 1.50 bits per heavy atom. The average molecular weight is 254 g/mol. The molecule has 0 atom stereocenters. The van der Waals surface area contributed by atoms with Crippen LogP contribution in [0.5, 0.6) is 5.75 Å². The Kier molecular flexibility index (Phi) is 3.97. The molecule has 0 N–H and O–H groups in total. The zero-order valence-corrected chi connectivity index (χ0v) is 9.89. The van der Waals surface area contributed by atoms with Crippen molar-refractivity contribution in [1.29, 1.82) is 5.26 Å². The van der Waals surface area contributed by atoms with Gasteiger partial charge < -0.3 is 4.74 Å². The van der Waals surface area contributed by atoms with Crippen molar-refractivity contribution < 1.29 is 4.74 Å². The second kappa shape index (κ2) is 5.02. The second-order valence-electron chi connectivity index (χ2n) is 2.96. The Morgan fingerprint density at radius 2 is 2.21 bits per heavy atom. The van der Waals surface area contributed by atoms with E-state index in [1.807, 2.05) is 12.1 Å². The van der Waals surface area contributed by atoms with E-state index in [4.69, 9.17) is 10.00 Å². The maximum atomic E-state index is 8.67. The molecule has 0 aliphatic heterocycles. The molecule has 0 fully saturated rings. The Morgan fingerprint density at radius 3 is 2.71 bits per heavy atom. The van der Waals surface area contributed by atoms with Crippen molar-refractivity contribution in [1.82, 2.24) is 0 Å². The third kappa shape index (κ3) is 2.27. The molecule has 2 nitrogen and oxygen atoms in total. The highest BCUT2D eigenvalue weighted by atomic mass is 79.9. The summed E-state index contributed by atoms with van der Waals surface area (Å²) in [6.45, 7) is 2.09. The van der Waals surface area contributed by atoms with Gasteiger partial charge in [0.1, 0.15) is 5.75 Å². The lowest BCUT2D eigenvalue weighted by molar-refractivity contribution is 0.408. The van der Waals surface area contributed by atoms with Crippen molar-refractivity contribution in [3.05, 3.63) is 27.7 Å². The van der Waals surface area contributed by atoms with E-state index in [-0.39, 0.29) is 0 Å². The summed E-state index contributed by atoms with van der Waals surface area (Å²) in [5.41, 5.74) is 2.16. The summed E-state index contributed by atoms with van der Waals surface area (Å²) in [6, 6.07) is 6.18. The fraction of sp³-hybridized carbons (Fsp3) is 0.364. The van der Waals surface area contributed by atoms with Crippen LogP contribution in [0.25, 0.3) is 0 Å². The minimum Gasteiger partial charge on any atom is -0.495 e. The molecular weight excluding hydrogens is 242 g/mol. The average Bonchev–Trinajstić information content (AvgIpc) is 2.18. The van der Waals surface area contributed by atoms with Crippen LogP contribution in [0.4, 0.5) is 0 Å². The number of nitrogens with zero attached hydrogens (tertiary/aromatic N) is 1. The topological polar surface area (TPSA) is 33.0 Å². The van der Waals surface area contributed by atoms with Crippen molar-refractivity contribution in [2.75, 3.05) is 7.11 Å². The number of hydrogen-bond donors (Lipinski definition) is 0. The molecule has 0 saturated carbocycles. The highest BCUT2D eigenvalue weighted by molar-refractivity contribution is 9.10. The number of aryl methyl sites for hydroxylation is 1. The zero-order valence-electron chi connectivity index (χ0n) is 8.30. The Balaban J connectivity index is 3.22. The number of rotatable bonds is 3. The maximum absolute atomic E-state index is 8.67. The molecule has 0 aliphatic carbocycles. The molecule has 1 rings (SSSR count). The molecular formula is C11H12BrNO. The maximum Gasteiger partial charge on any atom is 0.137 e. The Bertz CT molecular complexity index is 368. The smallest absolute Gasteiger partial charge is 0.137 e. The molecule has 1 aromatic carbocycles. The van der Waals surface area contributed by atoms with E-state index in [2.05, 4.69) is 28.9 Å².